The largest absolute Gasteiger partial charge is 0.369 e. The summed E-state index contributed by atoms with van der Waals surface area (Å²) in [7, 11) is 0. The van der Waals surface area contributed by atoms with E-state index in [1.165, 1.54) is 11.1 Å². The van der Waals surface area contributed by atoms with Crippen LogP contribution in [-0.4, -0.2) is 5.96 Å². The van der Waals surface area contributed by atoms with Crippen LogP contribution < -0.4 is 11.1 Å². The number of benzene rings is 1. The highest BCUT2D eigenvalue weighted by Gasteiger charge is 1.97. The van der Waals surface area contributed by atoms with E-state index in [2.05, 4.69) is 16.4 Å². The van der Waals surface area contributed by atoms with E-state index < -0.39 is 0 Å². The molecule has 0 aliphatic rings. The van der Waals surface area contributed by atoms with Gasteiger partial charge in [-0.25, -0.2) is 4.99 Å². The van der Waals surface area contributed by atoms with Gasteiger partial charge in [0.05, 0.1) is 6.54 Å². The maximum Gasteiger partial charge on any atom is 0.202 e. The maximum absolute atomic E-state index is 8.30. The molecule has 0 saturated heterocycles. The van der Waals surface area contributed by atoms with Gasteiger partial charge in [0, 0.05) is 0 Å². The zero-order valence-corrected chi connectivity index (χ0v) is 8.91. The molecule has 0 radical (unpaired) electrons. The molecular formula is C11H14N4. The Morgan fingerprint density at radius 2 is 2.27 bits per heavy atom. The lowest BCUT2D eigenvalue weighted by Gasteiger charge is -2.04. The van der Waals surface area contributed by atoms with Crippen molar-refractivity contribution in [2.45, 2.75) is 20.4 Å². The van der Waals surface area contributed by atoms with Crippen LogP contribution in [-0.2, 0) is 6.54 Å². The molecule has 1 aromatic carbocycles. The van der Waals surface area contributed by atoms with E-state index in [4.69, 9.17) is 11.0 Å². The summed E-state index contributed by atoms with van der Waals surface area (Å²) in [5.41, 5.74) is 8.95. The topological polar surface area (TPSA) is 74.2 Å². The van der Waals surface area contributed by atoms with Crippen LogP contribution in [0.15, 0.2) is 23.2 Å². The van der Waals surface area contributed by atoms with E-state index in [0.717, 1.165) is 5.56 Å². The first-order valence-electron chi connectivity index (χ1n) is 4.64. The first-order chi connectivity index (χ1) is 7.13. The van der Waals surface area contributed by atoms with Crippen molar-refractivity contribution >= 4 is 5.96 Å². The Balaban J connectivity index is 2.74. The lowest BCUT2D eigenvalue weighted by atomic mass is 10.1. The Morgan fingerprint density at radius 1 is 1.53 bits per heavy atom. The predicted octanol–water partition coefficient (Wildman–Crippen LogP) is 1.19. The molecule has 1 rings (SSSR count). The fraction of sp³-hybridized carbons (Fsp3) is 0.273. The molecular weight excluding hydrogens is 188 g/mol. The lowest BCUT2D eigenvalue weighted by molar-refractivity contribution is 1.02. The first-order valence-corrected chi connectivity index (χ1v) is 4.64. The predicted molar refractivity (Wildman–Crippen MR) is 60.0 cm³/mol. The van der Waals surface area contributed by atoms with E-state index in [-0.39, 0.29) is 5.96 Å². The molecule has 4 nitrogen and oxygen atoms in total. The molecule has 78 valence electrons. The van der Waals surface area contributed by atoms with E-state index in [0.29, 0.717) is 6.54 Å². The zero-order valence-electron chi connectivity index (χ0n) is 8.91. The Morgan fingerprint density at radius 3 is 2.87 bits per heavy atom. The number of guanidine groups is 1. The minimum absolute atomic E-state index is 0.150. The number of rotatable bonds is 2. The summed E-state index contributed by atoms with van der Waals surface area (Å²) in [6.45, 7) is 4.57. The molecule has 3 N–H and O–H groups in total. The molecule has 0 aliphatic carbocycles. The highest BCUT2D eigenvalue weighted by molar-refractivity contribution is 5.79. The van der Waals surface area contributed by atoms with Crippen LogP contribution >= 0.6 is 0 Å². The standard InChI is InChI=1S/C11H14N4/c1-8-3-4-10(9(2)5-8)6-14-11(13)15-7-12/h3-5H,6H2,1-2H3,(H3,13,14,15). The van der Waals surface area contributed by atoms with Crippen LogP contribution in [0.4, 0.5) is 0 Å². The summed E-state index contributed by atoms with van der Waals surface area (Å²) in [4.78, 5) is 4.04. The van der Waals surface area contributed by atoms with Crippen molar-refractivity contribution < 1.29 is 0 Å². The molecule has 0 saturated carbocycles. The Hall–Kier alpha value is -2.02. The Bertz CT molecular complexity index is 415. The van der Waals surface area contributed by atoms with Crippen LogP contribution in [0.5, 0.6) is 0 Å². The van der Waals surface area contributed by atoms with Crippen molar-refractivity contribution in [1.82, 2.24) is 5.32 Å². The number of nitrogens with one attached hydrogen (secondary N) is 1. The van der Waals surface area contributed by atoms with Crippen molar-refractivity contribution in [2.24, 2.45) is 10.7 Å². The minimum Gasteiger partial charge on any atom is -0.369 e. The molecule has 0 aromatic heterocycles. The van der Waals surface area contributed by atoms with E-state index in [1.807, 2.05) is 26.0 Å². The van der Waals surface area contributed by atoms with Gasteiger partial charge in [0.1, 0.15) is 0 Å². The lowest BCUT2D eigenvalue weighted by Crippen LogP contribution is -2.27. The number of nitrogens with two attached hydrogens (primary N) is 1. The average molecular weight is 202 g/mol. The van der Waals surface area contributed by atoms with Gasteiger partial charge in [-0.05, 0) is 25.0 Å². The summed E-state index contributed by atoms with van der Waals surface area (Å²) < 4.78 is 0. The van der Waals surface area contributed by atoms with Gasteiger partial charge >= 0.3 is 0 Å². The molecule has 0 bridgehead atoms. The van der Waals surface area contributed by atoms with Gasteiger partial charge in [0.2, 0.25) is 5.96 Å². The van der Waals surface area contributed by atoms with Gasteiger partial charge in [-0.2, -0.15) is 5.26 Å². The quantitative estimate of drug-likeness (QED) is 0.327. The summed E-state index contributed by atoms with van der Waals surface area (Å²) >= 11 is 0. The number of nitriles is 1. The average Bonchev–Trinajstić information content (AvgIpc) is 2.17. The number of aliphatic imine (C=N–C) groups is 1. The molecule has 0 atom stereocenters. The zero-order chi connectivity index (χ0) is 11.3. The summed E-state index contributed by atoms with van der Waals surface area (Å²) in [5, 5.41) is 10.6. The fourth-order valence-corrected chi connectivity index (χ4v) is 1.29. The van der Waals surface area contributed by atoms with Gasteiger partial charge in [0.15, 0.2) is 6.19 Å². The molecule has 0 unspecified atom stereocenters. The molecule has 0 heterocycles. The van der Waals surface area contributed by atoms with Crippen molar-refractivity contribution in [1.29, 1.82) is 5.26 Å². The molecule has 1 aromatic rings. The normalized spacial score (nSPS) is 10.9. The van der Waals surface area contributed by atoms with E-state index in [9.17, 15) is 0 Å². The smallest absolute Gasteiger partial charge is 0.202 e. The number of aryl methyl sites for hydroxylation is 2. The van der Waals surface area contributed by atoms with Gasteiger partial charge in [-0.3, -0.25) is 5.32 Å². The van der Waals surface area contributed by atoms with E-state index in [1.54, 1.807) is 6.19 Å². The van der Waals surface area contributed by atoms with E-state index >= 15 is 0 Å². The molecule has 0 spiro atoms. The number of nitrogens with zero attached hydrogens (tertiary/aromatic N) is 2. The Labute approximate surface area is 89.4 Å². The van der Waals surface area contributed by atoms with Crippen LogP contribution in [0.3, 0.4) is 0 Å². The third-order valence-electron chi connectivity index (χ3n) is 2.10. The second kappa shape index (κ2) is 5.01. The number of hydrogen-bond acceptors (Lipinski definition) is 2. The third kappa shape index (κ3) is 3.31. The van der Waals surface area contributed by atoms with Crippen LogP contribution in [0.25, 0.3) is 0 Å². The molecule has 0 aliphatic heterocycles. The van der Waals surface area contributed by atoms with Crippen LogP contribution in [0, 0.1) is 25.3 Å². The van der Waals surface area contributed by atoms with Gasteiger partial charge < -0.3 is 5.73 Å². The minimum atomic E-state index is 0.150. The second-order valence-corrected chi connectivity index (χ2v) is 3.37. The highest BCUT2D eigenvalue weighted by Crippen LogP contribution is 2.11. The molecule has 4 heteroatoms. The summed E-state index contributed by atoms with van der Waals surface area (Å²) in [6, 6.07) is 6.15. The van der Waals surface area contributed by atoms with Crippen molar-refractivity contribution in [3.05, 3.63) is 34.9 Å². The third-order valence-corrected chi connectivity index (χ3v) is 2.10. The SMILES string of the molecule is Cc1ccc(CN=C(N)NC#N)c(C)c1. The highest BCUT2D eigenvalue weighted by atomic mass is 15.1. The Kier molecular flexibility index (Phi) is 3.69. The van der Waals surface area contributed by atoms with Crippen LogP contribution in [0.2, 0.25) is 0 Å². The van der Waals surface area contributed by atoms with Crippen molar-refractivity contribution in [2.75, 3.05) is 0 Å². The maximum atomic E-state index is 8.30. The van der Waals surface area contributed by atoms with Gasteiger partial charge in [-0.1, -0.05) is 23.8 Å². The fourth-order valence-electron chi connectivity index (χ4n) is 1.29. The molecule has 0 amide bonds. The summed E-state index contributed by atoms with van der Waals surface area (Å²) in [6.07, 6.45) is 1.72. The van der Waals surface area contributed by atoms with Gasteiger partial charge in [0.25, 0.3) is 0 Å². The van der Waals surface area contributed by atoms with Crippen LogP contribution in [0.1, 0.15) is 16.7 Å². The summed E-state index contributed by atoms with van der Waals surface area (Å²) in [5.74, 6) is 0.150. The molecule has 15 heavy (non-hydrogen) atoms. The second-order valence-electron chi connectivity index (χ2n) is 3.37. The number of hydrogen-bond donors (Lipinski definition) is 2. The van der Waals surface area contributed by atoms with Crippen molar-refractivity contribution in [3.8, 4) is 6.19 Å². The first kappa shape index (κ1) is 11.1. The van der Waals surface area contributed by atoms with Crippen molar-refractivity contribution in [3.63, 3.8) is 0 Å². The van der Waals surface area contributed by atoms with Gasteiger partial charge in [-0.15, -0.1) is 0 Å². The molecule has 0 fully saturated rings. The monoisotopic (exact) mass is 202 g/mol.